The summed E-state index contributed by atoms with van der Waals surface area (Å²) in [4.78, 5) is 23.3. The highest BCUT2D eigenvalue weighted by Crippen LogP contribution is 2.20. The number of carbonyl (C=O) groups is 2. The van der Waals surface area contributed by atoms with Crippen molar-refractivity contribution in [2.24, 2.45) is 0 Å². The van der Waals surface area contributed by atoms with Crippen LogP contribution in [-0.2, 0) is 17.6 Å². The van der Waals surface area contributed by atoms with E-state index in [1.807, 2.05) is 24.3 Å². The van der Waals surface area contributed by atoms with Crippen molar-refractivity contribution in [1.82, 2.24) is 0 Å². The molecule has 0 spiro atoms. The smallest absolute Gasteiger partial charge is 0.150 e. The monoisotopic (exact) mass is 346 g/mol. The van der Waals surface area contributed by atoms with E-state index in [9.17, 15) is 9.59 Å². The molecule has 0 heterocycles. The summed E-state index contributed by atoms with van der Waals surface area (Å²) in [6, 6.07) is 12.7. The van der Waals surface area contributed by atoms with Crippen LogP contribution in [0.15, 0.2) is 46.9 Å². The zero-order valence-corrected chi connectivity index (χ0v) is 13.2. The number of ketones is 1. The third-order valence-corrected chi connectivity index (χ3v) is 3.98. The lowest BCUT2D eigenvalue weighted by molar-refractivity contribution is -0.117. The van der Waals surface area contributed by atoms with Gasteiger partial charge in [-0.2, -0.15) is 0 Å². The second-order valence-electron chi connectivity index (χ2n) is 4.67. The molecule has 0 unspecified atom stereocenters. The van der Waals surface area contributed by atoms with Crippen molar-refractivity contribution in [3.05, 3.63) is 63.6 Å². The SMILES string of the molecule is COc1ccc(C=O)c(CC(=O)Cc2ccccc2Br)c1. The molecule has 0 aliphatic heterocycles. The second kappa shape index (κ2) is 7.18. The second-order valence-corrected chi connectivity index (χ2v) is 5.52. The minimum atomic E-state index is 0.0539. The Balaban J connectivity index is 2.16. The van der Waals surface area contributed by atoms with Crippen LogP contribution in [0.5, 0.6) is 5.75 Å². The summed E-state index contributed by atoms with van der Waals surface area (Å²) in [5.74, 6) is 0.697. The number of carbonyl (C=O) groups excluding carboxylic acids is 2. The normalized spacial score (nSPS) is 10.2. The van der Waals surface area contributed by atoms with Crippen molar-refractivity contribution < 1.29 is 14.3 Å². The summed E-state index contributed by atoms with van der Waals surface area (Å²) in [6.07, 6.45) is 1.31. The number of halogens is 1. The van der Waals surface area contributed by atoms with Crippen LogP contribution in [0.25, 0.3) is 0 Å². The highest BCUT2D eigenvalue weighted by molar-refractivity contribution is 9.10. The number of methoxy groups -OCH3 is 1. The van der Waals surface area contributed by atoms with Gasteiger partial charge in [0.2, 0.25) is 0 Å². The van der Waals surface area contributed by atoms with Crippen LogP contribution >= 0.6 is 15.9 Å². The van der Waals surface area contributed by atoms with Crippen molar-refractivity contribution in [1.29, 1.82) is 0 Å². The molecular formula is C17H15BrO3. The minimum Gasteiger partial charge on any atom is -0.497 e. The molecule has 2 rings (SSSR count). The molecule has 4 heteroatoms. The number of hydrogen-bond donors (Lipinski definition) is 0. The van der Waals surface area contributed by atoms with Crippen LogP contribution in [0.3, 0.4) is 0 Å². The molecule has 108 valence electrons. The van der Waals surface area contributed by atoms with Gasteiger partial charge in [-0.25, -0.2) is 0 Å². The number of aldehydes is 1. The number of hydrogen-bond acceptors (Lipinski definition) is 3. The summed E-state index contributed by atoms with van der Waals surface area (Å²) in [7, 11) is 1.56. The van der Waals surface area contributed by atoms with Gasteiger partial charge in [-0.15, -0.1) is 0 Å². The van der Waals surface area contributed by atoms with Crippen molar-refractivity contribution in [3.8, 4) is 5.75 Å². The van der Waals surface area contributed by atoms with E-state index in [0.717, 1.165) is 16.3 Å². The fourth-order valence-electron chi connectivity index (χ4n) is 2.11. The molecule has 3 nitrogen and oxygen atoms in total. The van der Waals surface area contributed by atoms with Gasteiger partial charge in [0, 0.05) is 22.9 Å². The molecule has 0 bridgehead atoms. The average Bonchev–Trinajstić information content (AvgIpc) is 2.49. The van der Waals surface area contributed by atoms with Gasteiger partial charge < -0.3 is 4.74 Å². The van der Waals surface area contributed by atoms with Gasteiger partial charge in [-0.1, -0.05) is 34.1 Å². The number of Topliss-reactive ketones (excluding diaryl/α,β-unsaturated/α-hetero) is 1. The van der Waals surface area contributed by atoms with Gasteiger partial charge in [0.25, 0.3) is 0 Å². The van der Waals surface area contributed by atoms with Crippen molar-refractivity contribution >= 4 is 28.0 Å². The molecule has 0 aliphatic rings. The van der Waals surface area contributed by atoms with Gasteiger partial charge in [0.05, 0.1) is 7.11 Å². The molecule has 0 aliphatic carbocycles. The van der Waals surface area contributed by atoms with E-state index in [1.165, 1.54) is 0 Å². The Hall–Kier alpha value is -1.94. The first-order chi connectivity index (χ1) is 10.1. The Morgan fingerprint density at radius 3 is 2.52 bits per heavy atom. The lowest BCUT2D eigenvalue weighted by Gasteiger charge is -2.08. The Kier molecular flexibility index (Phi) is 5.28. The van der Waals surface area contributed by atoms with E-state index in [0.29, 0.717) is 23.3 Å². The highest BCUT2D eigenvalue weighted by atomic mass is 79.9. The van der Waals surface area contributed by atoms with Crippen LogP contribution in [-0.4, -0.2) is 19.2 Å². The maximum absolute atomic E-state index is 12.2. The quantitative estimate of drug-likeness (QED) is 0.750. The zero-order chi connectivity index (χ0) is 15.2. The van der Waals surface area contributed by atoms with Gasteiger partial charge >= 0.3 is 0 Å². The molecular weight excluding hydrogens is 332 g/mol. The van der Waals surface area contributed by atoms with Crippen LogP contribution in [0.4, 0.5) is 0 Å². The Labute approximate surface area is 132 Å². The molecule has 0 amide bonds. The Morgan fingerprint density at radius 2 is 1.86 bits per heavy atom. The van der Waals surface area contributed by atoms with Gasteiger partial charge in [0.1, 0.15) is 17.8 Å². The predicted octanol–water partition coefficient (Wildman–Crippen LogP) is 3.62. The molecule has 2 aromatic carbocycles. The van der Waals surface area contributed by atoms with Crippen LogP contribution in [0.2, 0.25) is 0 Å². The zero-order valence-electron chi connectivity index (χ0n) is 11.6. The van der Waals surface area contributed by atoms with Crippen LogP contribution in [0.1, 0.15) is 21.5 Å². The maximum Gasteiger partial charge on any atom is 0.150 e. The summed E-state index contributed by atoms with van der Waals surface area (Å²) >= 11 is 3.43. The topological polar surface area (TPSA) is 43.4 Å². The maximum atomic E-state index is 12.2. The van der Waals surface area contributed by atoms with Crippen LogP contribution < -0.4 is 4.74 Å². The number of rotatable bonds is 6. The summed E-state index contributed by atoms with van der Waals surface area (Å²) in [6.45, 7) is 0. The molecule has 0 atom stereocenters. The predicted molar refractivity (Wildman–Crippen MR) is 84.9 cm³/mol. The molecule has 0 saturated heterocycles. The third kappa shape index (κ3) is 4.02. The first kappa shape index (κ1) is 15.4. The molecule has 0 fully saturated rings. The summed E-state index contributed by atoms with van der Waals surface area (Å²) < 4.78 is 6.05. The fourth-order valence-corrected chi connectivity index (χ4v) is 2.53. The van der Waals surface area contributed by atoms with Crippen molar-refractivity contribution in [2.45, 2.75) is 12.8 Å². The molecule has 21 heavy (non-hydrogen) atoms. The minimum absolute atomic E-state index is 0.0539. The average molecular weight is 347 g/mol. The van der Waals surface area contributed by atoms with E-state index < -0.39 is 0 Å². The third-order valence-electron chi connectivity index (χ3n) is 3.21. The van der Waals surface area contributed by atoms with E-state index in [1.54, 1.807) is 25.3 Å². The Bertz CT molecular complexity index is 665. The van der Waals surface area contributed by atoms with E-state index in [2.05, 4.69) is 15.9 Å². The van der Waals surface area contributed by atoms with E-state index >= 15 is 0 Å². The van der Waals surface area contributed by atoms with Crippen molar-refractivity contribution in [2.75, 3.05) is 7.11 Å². The van der Waals surface area contributed by atoms with Crippen LogP contribution in [0, 0.1) is 0 Å². The lowest BCUT2D eigenvalue weighted by atomic mass is 9.99. The largest absolute Gasteiger partial charge is 0.497 e. The standard InChI is InChI=1S/C17H15BrO3/c1-21-16-7-6-13(11-19)14(10-16)9-15(20)8-12-4-2-3-5-17(12)18/h2-7,10-11H,8-9H2,1H3. The fraction of sp³-hybridized carbons (Fsp3) is 0.176. The summed E-state index contributed by atoms with van der Waals surface area (Å²) in [5, 5.41) is 0. The number of ether oxygens (including phenoxy) is 1. The first-order valence-corrected chi connectivity index (χ1v) is 7.30. The molecule has 0 saturated carbocycles. The summed E-state index contributed by atoms with van der Waals surface area (Å²) in [5.41, 5.74) is 2.16. The first-order valence-electron chi connectivity index (χ1n) is 6.51. The van der Waals surface area contributed by atoms with Crippen molar-refractivity contribution in [3.63, 3.8) is 0 Å². The van der Waals surface area contributed by atoms with E-state index in [4.69, 9.17) is 4.74 Å². The van der Waals surface area contributed by atoms with Gasteiger partial charge in [-0.3, -0.25) is 9.59 Å². The molecule has 2 aromatic rings. The molecule has 0 radical (unpaired) electrons. The number of benzene rings is 2. The molecule has 0 aromatic heterocycles. The lowest BCUT2D eigenvalue weighted by Crippen LogP contribution is -2.09. The van der Waals surface area contributed by atoms with Gasteiger partial charge in [0.15, 0.2) is 0 Å². The highest BCUT2D eigenvalue weighted by Gasteiger charge is 2.11. The van der Waals surface area contributed by atoms with Gasteiger partial charge in [-0.05, 0) is 35.4 Å². The van der Waals surface area contributed by atoms with E-state index in [-0.39, 0.29) is 12.2 Å². The Morgan fingerprint density at radius 1 is 1.14 bits per heavy atom. The molecule has 0 N–H and O–H groups in total.